The quantitative estimate of drug-likeness (QED) is 0.158. The second-order valence-corrected chi connectivity index (χ2v) is 12.9. The van der Waals surface area contributed by atoms with Crippen LogP contribution in [-0.2, 0) is 25.0 Å². The molecule has 4 nitrogen and oxygen atoms in total. The van der Waals surface area contributed by atoms with E-state index in [0.29, 0.717) is 18.0 Å². The average Bonchev–Trinajstić information content (AvgIpc) is 3.28. The van der Waals surface area contributed by atoms with E-state index in [9.17, 15) is 9.36 Å². The molecule has 36 heavy (non-hydrogen) atoms. The molecule has 2 aliphatic carbocycles. The lowest BCUT2D eigenvalue weighted by Crippen LogP contribution is -2.22. The summed E-state index contributed by atoms with van der Waals surface area (Å²) in [5.74, 6) is 1.95. The topological polar surface area (TPSA) is 52.6 Å². The van der Waals surface area contributed by atoms with Crippen molar-refractivity contribution >= 4 is 40.1 Å². The van der Waals surface area contributed by atoms with Crippen molar-refractivity contribution in [1.82, 2.24) is 0 Å². The lowest BCUT2D eigenvalue weighted by molar-refractivity contribution is -0.121. The second-order valence-electron chi connectivity index (χ2n) is 10.1. The molecular formula is C29H51O4PS2. The van der Waals surface area contributed by atoms with Crippen LogP contribution in [0.2, 0.25) is 0 Å². The fraction of sp³-hybridized carbons (Fsp3) is 0.690. The summed E-state index contributed by atoms with van der Waals surface area (Å²) in [4.78, 5) is 13.3. The Kier molecular flexibility index (Phi) is 19.3. The predicted octanol–water partition coefficient (Wildman–Crippen LogP) is 7.79. The summed E-state index contributed by atoms with van der Waals surface area (Å²) in [6.07, 6.45) is 16.5. The Morgan fingerprint density at radius 3 is 2.19 bits per heavy atom. The third kappa shape index (κ3) is 11.9. The smallest absolute Gasteiger partial charge is 0.210 e. The normalized spacial score (nSPS) is 23.6. The van der Waals surface area contributed by atoms with Crippen LogP contribution >= 0.6 is 34.4 Å². The van der Waals surface area contributed by atoms with E-state index in [-0.39, 0.29) is 44.9 Å². The number of methoxy groups -OCH3 is 1. The third-order valence-electron chi connectivity index (χ3n) is 7.60. The summed E-state index contributed by atoms with van der Waals surface area (Å²) in [5.41, 5.74) is 1.31. The van der Waals surface area contributed by atoms with Gasteiger partial charge in [0, 0.05) is 33.4 Å². The number of rotatable bonds is 11. The molecule has 0 amide bonds. The van der Waals surface area contributed by atoms with E-state index in [4.69, 9.17) is 4.52 Å². The van der Waals surface area contributed by atoms with Crippen LogP contribution in [0, 0.1) is 23.7 Å². The van der Waals surface area contributed by atoms with Crippen molar-refractivity contribution in [1.29, 1.82) is 0 Å². The third-order valence-corrected chi connectivity index (χ3v) is 10.1. The average molecular weight is 559 g/mol. The molecule has 2 fully saturated rings. The van der Waals surface area contributed by atoms with Crippen LogP contribution in [0.25, 0.3) is 0 Å². The van der Waals surface area contributed by atoms with Crippen molar-refractivity contribution in [2.45, 2.75) is 71.1 Å². The lowest BCUT2D eigenvalue weighted by Gasteiger charge is -2.27. The Balaban J connectivity index is 0.00000233. The zero-order chi connectivity index (χ0) is 24.8. The summed E-state index contributed by atoms with van der Waals surface area (Å²) in [6.45, 7) is 2.04. The van der Waals surface area contributed by atoms with E-state index in [2.05, 4.69) is 41.2 Å². The largest absolute Gasteiger partial charge is 0.388 e. The SMILES string of the molecule is C/C=C/[C@@H]1C[C@@H](C2CCCCC2)CC1C(=O)CP(=O)(CCCCc1ccccc1)OC.COC.S.S. The number of aryl methyl sites for hydroxylation is 1. The number of unbranched alkanes of at least 4 members (excludes halogenated alkanes) is 1. The minimum Gasteiger partial charge on any atom is -0.388 e. The van der Waals surface area contributed by atoms with Gasteiger partial charge in [-0.25, -0.2) is 0 Å². The number of carbonyl (C=O) groups is 1. The number of hydrogen-bond donors (Lipinski definition) is 0. The van der Waals surface area contributed by atoms with Gasteiger partial charge in [-0.15, -0.1) is 0 Å². The summed E-state index contributed by atoms with van der Waals surface area (Å²) in [6, 6.07) is 10.4. The highest BCUT2D eigenvalue weighted by Gasteiger charge is 2.42. The van der Waals surface area contributed by atoms with E-state index in [1.807, 2.05) is 13.0 Å². The van der Waals surface area contributed by atoms with Gasteiger partial charge in [0.05, 0.1) is 6.16 Å². The van der Waals surface area contributed by atoms with E-state index in [1.54, 1.807) is 14.2 Å². The molecule has 7 heteroatoms. The van der Waals surface area contributed by atoms with Crippen molar-refractivity contribution in [2.24, 2.45) is 23.7 Å². The maximum absolute atomic E-state index is 13.3. The fourth-order valence-corrected chi connectivity index (χ4v) is 7.73. The minimum atomic E-state index is -2.90. The Morgan fingerprint density at radius 1 is 0.972 bits per heavy atom. The maximum Gasteiger partial charge on any atom is 0.210 e. The first-order chi connectivity index (χ1) is 16.5. The van der Waals surface area contributed by atoms with Gasteiger partial charge in [-0.1, -0.05) is 74.6 Å². The zero-order valence-electron chi connectivity index (χ0n) is 22.9. The number of Topliss-reactive ketones (excluding diaryl/α,β-unsaturated/α-hetero) is 1. The van der Waals surface area contributed by atoms with Crippen molar-refractivity contribution in [3.63, 3.8) is 0 Å². The molecule has 0 saturated heterocycles. The van der Waals surface area contributed by atoms with Crippen molar-refractivity contribution in [3.8, 4) is 0 Å². The Labute approximate surface area is 234 Å². The fourth-order valence-electron chi connectivity index (χ4n) is 5.85. The molecule has 0 spiro atoms. The van der Waals surface area contributed by atoms with Crippen molar-refractivity contribution in [3.05, 3.63) is 48.0 Å². The van der Waals surface area contributed by atoms with E-state index in [1.165, 1.54) is 44.8 Å². The van der Waals surface area contributed by atoms with Crippen LogP contribution < -0.4 is 0 Å². The monoisotopic (exact) mass is 558 g/mol. The van der Waals surface area contributed by atoms with Gasteiger partial charge >= 0.3 is 0 Å². The van der Waals surface area contributed by atoms with Gasteiger partial charge in [0.1, 0.15) is 5.78 Å². The number of allylic oxidation sites excluding steroid dienone is 2. The van der Waals surface area contributed by atoms with Crippen LogP contribution in [0.15, 0.2) is 42.5 Å². The van der Waals surface area contributed by atoms with E-state index < -0.39 is 7.37 Å². The first-order valence-electron chi connectivity index (χ1n) is 13.2. The van der Waals surface area contributed by atoms with Gasteiger partial charge in [0.2, 0.25) is 7.37 Å². The molecule has 1 aromatic rings. The maximum atomic E-state index is 13.3. The number of ketones is 1. The lowest BCUT2D eigenvalue weighted by atomic mass is 9.78. The van der Waals surface area contributed by atoms with E-state index in [0.717, 1.165) is 38.0 Å². The predicted molar refractivity (Wildman–Crippen MR) is 164 cm³/mol. The highest BCUT2D eigenvalue weighted by Crippen LogP contribution is 2.51. The number of ether oxygens (including phenoxy) is 1. The Bertz CT molecular complexity index is 781. The standard InChI is InChI=1S/C27H41O3P.C2H6O.2H2S/c1-3-12-24-19-25(23-16-8-5-9-17-23)20-26(24)27(28)21-31(29,30-2)18-11-10-15-22-13-6-4-7-14-22;1-3-2;;/h3-4,6-7,12-14,23-26H,5,8-11,15-21H2,1-2H3;1-2H3;2*1H2/b12-3+;;;/t24-,25-,26?,31?;;;/m1.../s1. The van der Waals surface area contributed by atoms with Crippen LogP contribution in [0.1, 0.15) is 70.3 Å². The van der Waals surface area contributed by atoms with Gasteiger partial charge in [0.15, 0.2) is 0 Å². The molecule has 208 valence electrons. The van der Waals surface area contributed by atoms with Gasteiger partial charge in [-0.05, 0) is 62.3 Å². The highest BCUT2D eigenvalue weighted by atomic mass is 32.1. The summed E-state index contributed by atoms with van der Waals surface area (Å²) >= 11 is 0. The van der Waals surface area contributed by atoms with Gasteiger partial charge in [-0.3, -0.25) is 9.36 Å². The number of hydrogen-bond acceptors (Lipinski definition) is 4. The first-order valence-corrected chi connectivity index (χ1v) is 15.2. The highest BCUT2D eigenvalue weighted by molar-refractivity contribution is 7.60. The first kappa shape index (κ1) is 35.5. The van der Waals surface area contributed by atoms with Crippen LogP contribution in [0.4, 0.5) is 0 Å². The van der Waals surface area contributed by atoms with Gasteiger partial charge < -0.3 is 9.26 Å². The minimum absolute atomic E-state index is 0. The molecule has 0 radical (unpaired) electrons. The second kappa shape index (κ2) is 19.5. The molecule has 0 N–H and O–H groups in total. The Morgan fingerprint density at radius 2 is 1.61 bits per heavy atom. The van der Waals surface area contributed by atoms with Crippen LogP contribution in [0.5, 0.6) is 0 Å². The Hall–Kier alpha value is -0.520. The molecule has 0 aromatic heterocycles. The van der Waals surface area contributed by atoms with Gasteiger partial charge in [0.25, 0.3) is 0 Å². The molecule has 2 saturated carbocycles. The molecule has 2 unspecified atom stereocenters. The number of carbonyl (C=O) groups excluding carboxylic acids is 1. The van der Waals surface area contributed by atoms with Crippen LogP contribution in [0.3, 0.4) is 0 Å². The molecular weight excluding hydrogens is 507 g/mol. The molecule has 4 atom stereocenters. The number of benzene rings is 1. The van der Waals surface area contributed by atoms with Crippen molar-refractivity contribution < 1.29 is 18.6 Å². The van der Waals surface area contributed by atoms with Crippen molar-refractivity contribution in [2.75, 3.05) is 33.7 Å². The molecule has 0 aliphatic heterocycles. The van der Waals surface area contributed by atoms with E-state index >= 15 is 0 Å². The molecule has 3 rings (SSSR count). The molecule has 0 heterocycles. The summed E-state index contributed by atoms with van der Waals surface area (Å²) in [5, 5.41) is 0. The van der Waals surface area contributed by atoms with Crippen LogP contribution in [-0.4, -0.2) is 39.4 Å². The summed E-state index contributed by atoms with van der Waals surface area (Å²) in [7, 11) is 1.87. The molecule has 2 aliphatic rings. The zero-order valence-corrected chi connectivity index (χ0v) is 25.8. The van der Waals surface area contributed by atoms with Gasteiger partial charge in [-0.2, -0.15) is 27.0 Å². The molecule has 0 bridgehead atoms. The summed E-state index contributed by atoms with van der Waals surface area (Å²) < 4.78 is 23.1. The molecule has 1 aromatic carbocycles.